The van der Waals surface area contributed by atoms with Crippen LogP contribution in [0.1, 0.15) is 30.1 Å². The normalized spacial score (nSPS) is 20.2. The number of imide groups is 1. The molecule has 2 heterocycles. The first-order chi connectivity index (χ1) is 8.66. The Bertz CT molecular complexity index is 642. The second kappa shape index (κ2) is 3.98. The van der Waals surface area contributed by atoms with Gasteiger partial charge in [0, 0.05) is 17.4 Å². The predicted octanol–water partition coefficient (Wildman–Crippen LogP) is 2.26. The van der Waals surface area contributed by atoms with Gasteiger partial charge >= 0.3 is 0 Å². The molecule has 1 aromatic heterocycles. The lowest BCUT2D eigenvalue weighted by molar-refractivity contribution is -0.134. The summed E-state index contributed by atoms with van der Waals surface area (Å²) in [6, 6.07) is 7.66. The molecule has 0 spiro atoms. The number of hydrogen-bond donors (Lipinski definition) is 1. The second-order valence-corrected chi connectivity index (χ2v) is 4.57. The SMILES string of the molecule is Cc1oc2ccccc2c1C1CCC(=O)NC1=O. The fourth-order valence-corrected chi connectivity index (χ4v) is 2.59. The topological polar surface area (TPSA) is 59.3 Å². The summed E-state index contributed by atoms with van der Waals surface area (Å²) in [6.45, 7) is 1.86. The van der Waals surface area contributed by atoms with E-state index >= 15 is 0 Å². The highest BCUT2D eigenvalue weighted by atomic mass is 16.3. The van der Waals surface area contributed by atoms with Crippen molar-refractivity contribution < 1.29 is 14.0 Å². The number of amides is 2. The maximum Gasteiger partial charge on any atom is 0.234 e. The van der Waals surface area contributed by atoms with Crippen LogP contribution in [0.4, 0.5) is 0 Å². The summed E-state index contributed by atoms with van der Waals surface area (Å²) in [5.41, 5.74) is 1.70. The van der Waals surface area contributed by atoms with E-state index in [1.54, 1.807) is 0 Å². The molecule has 2 aromatic rings. The van der Waals surface area contributed by atoms with Gasteiger partial charge in [0.25, 0.3) is 0 Å². The van der Waals surface area contributed by atoms with E-state index in [-0.39, 0.29) is 17.7 Å². The second-order valence-electron chi connectivity index (χ2n) is 4.57. The molecule has 4 heteroatoms. The van der Waals surface area contributed by atoms with Gasteiger partial charge in [-0.2, -0.15) is 0 Å². The van der Waals surface area contributed by atoms with E-state index in [0.29, 0.717) is 12.8 Å². The van der Waals surface area contributed by atoms with Gasteiger partial charge in [0.1, 0.15) is 11.3 Å². The Morgan fingerprint density at radius 1 is 1.28 bits per heavy atom. The maximum absolute atomic E-state index is 11.9. The molecular formula is C14H13NO3. The van der Waals surface area contributed by atoms with Crippen LogP contribution in [0.2, 0.25) is 0 Å². The van der Waals surface area contributed by atoms with Gasteiger partial charge in [-0.05, 0) is 19.4 Å². The van der Waals surface area contributed by atoms with E-state index in [9.17, 15) is 9.59 Å². The van der Waals surface area contributed by atoms with Crippen molar-refractivity contribution in [3.63, 3.8) is 0 Å². The Morgan fingerprint density at radius 2 is 2.06 bits per heavy atom. The lowest BCUT2D eigenvalue weighted by Crippen LogP contribution is -2.39. The molecule has 1 aromatic carbocycles. The molecule has 0 saturated carbocycles. The van der Waals surface area contributed by atoms with Gasteiger partial charge in [-0.1, -0.05) is 18.2 Å². The summed E-state index contributed by atoms with van der Waals surface area (Å²) in [5.74, 6) is 0.0552. The van der Waals surface area contributed by atoms with Crippen LogP contribution in [0.25, 0.3) is 11.0 Å². The highest BCUT2D eigenvalue weighted by molar-refractivity contribution is 6.03. The van der Waals surface area contributed by atoms with Gasteiger partial charge in [-0.15, -0.1) is 0 Å². The van der Waals surface area contributed by atoms with Crippen molar-refractivity contribution in [3.05, 3.63) is 35.6 Å². The van der Waals surface area contributed by atoms with E-state index in [1.165, 1.54) is 0 Å². The number of fused-ring (bicyclic) bond motifs is 1. The zero-order valence-electron chi connectivity index (χ0n) is 10.0. The number of rotatable bonds is 1. The number of hydrogen-bond acceptors (Lipinski definition) is 3. The predicted molar refractivity (Wildman–Crippen MR) is 66.1 cm³/mol. The van der Waals surface area contributed by atoms with Crippen LogP contribution >= 0.6 is 0 Å². The lowest BCUT2D eigenvalue weighted by Gasteiger charge is -2.20. The number of carbonyl (C=O) groups excluding carboxylic acids is 2. The van der Waals surface area contributed by atoms with Crippen molar-refractivity contribution in [3.8, 4) is 0 Å². The van der Waals surface area contributed by atoms with E-state index in [0.717, 1.165) is 22.3 Å². The number of nitrogens with one attached hydrogen (secondary N) is 1. The fraction of sp³-hybridized carbons (Fsp3) is 0.286. The first-order valence-corrected chi connectivity index (χ1v) is 5.98. The highest BCUT2D eigenvalue weighted by Gasteiger charge is 2.31. The molecule has 0 aliphatic carbocycles. The quantitative estimate of drug-likeness (QED) is 0.781. The fourth-order valence-electron chi connectivity index (χ4n) is 2.59. The molecule has 1 aliphatic rings. The Hall–Kier alpha value is -2.10. The molecular weight excluding hydrogens is 230 g/mol. The van der Waals surface area contributed by atoms with Crippen LogP contribution in [-0.2, 0) is 9.59 Å². The van der Waals surface area contributed by atoms with Crippen molar-refractivity contribution in [1.82, 2.24) is 5.32 Å². The zero-order chi connectivity index (χ0) is 12.7. The minimum atomic E-state index is -0.286. The van der Waals surface area contributed by atoms with Gasteiger partial charge in [0.15, 0.2) is 0 Å². The van der Waals surface area contributed by atoms with Crippen LogP contribution in [-0.4, -0.2) is 11.8 Å². The monoisotopic (exact) mass is 243 g/mol. The number of para-hydroxylation sites is 1. The Kier molecular flexibility index (Phi) is 2.44. The molecule has 92 valence electrons. The van der Waals surface area contributed by atoms with Gasteiger partial charge < -0.3 is 4.42 Å². The summed E-state index contributed by atoms with van der Waals surface area (Å²) < 4.78 is 5.66. The molecule has 0 radical (unpaired) electrons. The largest absolute Gasteiger partial charge is 0.461 e. The van der Waals surface area contributed by atoms with Crippen molar-refractivity contribution in [1.29, 1.82) is 0 Å². The Morgan fingerprint density at radius 3 is 2.83 bits per heavy atom. The minimum Gasteiger partial charge on any atom is -0.461 e. The molecule has 3 rings (SSSR count). The van der Waals surface area contributed by atoms with E-state index in [1.807, 2.05) is 31.2 Å². The lowest BCUT2D eigenvalue weighted by atomic mass is 9.89. The number of furan rings is 1. The van der Waals surface area contributed by atoms with Crippen LogP contribution in [0.3, 0.4) is 0 Å². The third kappa shape index (κ3) is 1.61. The summed E-state index contributed by atoms with van der Waals surface area (Å²) in [5, 5.41) is 3.35. The van der Waals surface area contributed by atoms with Gasteiger partial charge in [0.05, 0.1) is 5.92 Å². The average molecular weight is 243 g/mol. The van der Waals surface area contributed by atoms with Gasteiger partial charge in [-0.3, -0.25) is 14.9 Å². The molecule has 0 bridgehead atoms. The third-order valence-electron chi connectivity index (χ3n) is 3.41. The summed E-state index contributed by atoms with van der Waals surface area (Å²) in [7, 11) is 0. The molecule has 1 N–H and O–H groups in total. The number of piperidine rings is 1. The summed E-state index contributed by atoms with van der Waals surface area (Å²) >= 11 is 0. The highest BCUT2D eigenvalue weighted by Crippen LogP contribution is 2.35. The van der Waals surface area contributed by atoms with Crippen molar-refractivity contribution in [2.75, 3.05) is 0 Å². The smallest absolute Gasteiger partial charge is 0.234 e. The summed E-state index contributed by atoms with van der Waals surface area (Å²) in [6.07, 6.45) is 0.935. The molecule has 2 amide bonds. The molecule has 4 nitrogen and oxygen atoms in total. The standard InChI is InChI=1S/C14H13NO3/c1-8-13(9-4-2-3-5-11(9)18-8)10-6-7-12(16)15-14(10)17/h2-5,10H,6-7H2,1H3,(H,15,16,17). The Balaban J connectivity index is 2.11. The van der Waals surface area contributed by atoms with E-state index in [4.69, 9.17) is 4.42 Å². The number of benzene rings is 1. The van der Waals surface area contributed by atoms with E-state index < -0.39 is 0 Å². The van der Waals surface area contributed by atoms with Crippen molar-refractivity contribution in [2.45, 2.75) is 25.7 Å². The summed E-state index contributed by atoms with van der Waals surface area (Å²) in [4.78, 5) is 23.1. The van der Waals surface area contributed by atoms with Gasteiger partial charge in [-0.25, -0.2) is 0 Å². The first kappa shape index (κ1) is 11.0. The van der Waals surface area contributed by atoms with Crippen LogP contribution in [0.15, 0.2) is 28.7 Å². The van der Waals surface area contributed by atoms with E-state index in [2.05, 4.69) is 5.32 Å². The number of aryl methyl sites for hydroxylation is 1. The first-order valence-electron chi connectivity index (χ1n) is 5.98. The van der Waals surface area contributed by atoms with Crippen molar-refractivity contribution >= 4 is 22.8 Å². The Labute approximate surface area is 104 Å². The molecule has 1 saturated heterocycles. The van der Waals surface area contributed by atoms with Crippen LogP contribution in [0.5, 0.6) is 0 Å². The molecule has 18 heavy (non-hydrogen) atoms. The number of carbonyl (C=O) groups is 2. The molecule has 1 atom stereocenters. The van der Waals surface area contributed by atoms with Crippen molar-refractivity contribution in [2.24, 2.45) is 0 Å². The maximum atomic E-state index is 11.9. The zero-order valence-corrected chi connectivity index (χ0v) is 10.0. The third-order valence-corrected chi connectivity index (χ3v) is 3.41. The average Bonchev–Trinajstić information content (AvgIpc) is 2.66. The molecule has 1 unspecified atom stereocenters. The van der Waals surface area contributed by atoms with Crippen LogP contribution in [0, 0.1) is 6.92 Å². The molecule has 1 fully saturated rings. The molecule has 1 aliphatic heterocycles. The van der Waals surface area contributed by atoms with Crippen LogP contribution < -0.4 is 5.32 Å². The van der Waals surface area contributed by atoms with Gasteiger partial charge in [0.2, 0.25) is 11.8 Å². The minimum absolute atomic E-state index is 0.193.